The number of hydrogen-bond donors (Lipinski definition) is 1. The van der Waals surface area contributed by atoms with Crippen LogP contribution in [0, 0.1) is 5.92 Å². The molecule has 0 bridgehead atoms. The smallest absolute Gasteiger partial charge is 0.152 e. The molecule has 56 valence electrons. The average molecular weight is 150 g/mol. The summed E-state index contributed by atoms with van der Waals surface area (Å²) >= 11 is -1.59. The Hall–Kier alpha value is 0.110. The Bertz CT molecular complexity index is 93.1. The van der Waals surface area contributed by atoms with Gasteiger partial charge in [-0.1, -0.05) is 20.3 Å². The largest absolute Gasteiger partial charge is 0.306 e. The minimum Gasteiger partial charge on any atom is -0.306 e. The molecule has 0 aliphatic carbocycles. The van der Waals surface area contributed by atoms with Gasteiger partial charge in [-0.25, -0.2) is 4.21 Å². The zero-order chi connectivity index (χ0) is 7.28. The Kier molecular flexibility index (Phi) is 5.00. The monoisotopic (exact) mass is 150 g/mol. The van der Waals surface area contributed by atoms with Gasteiger partial charge in [-0.3, -0.25) is 0 Å². The van der Waals surface area contributed by atoms with Gasteiger partial charge in [0.15, 0.2) is 11.1 Å². The lowest BCUT2D eigenvalue weighted by atomic mass is 10.1. The van der Waals surface area contributed by atoms with E-state index >= 15 is 0 Å². The average Bonchev–Trinajstić information content (AvgIpc) is 1.83. The minimum atomic E-state index is -1.59. The van der Waals surface area contributed by atoms with E-state index in [-0.39, 0.29) is 0 Å². The summed E-state index contributed by atoms with van der Waals surface area (Å²) in [6, 6.07) is 0. The van der Waals surface area contributed by atoms with Gasteiger partial charge in [0.2, 0.25) is 0 Å². The van der Waals surface area contributed by atoms with Crippen LogP contribution < -0.4 is 0 Å². The van der Waals surface area contributed by atoms with E-state index in [1.807, 2.05) is 0 Å². The summed E-state index contributed by atoms with van der Waals surface area (Å²) < 4.78 is 18.5. The van der Waals surface area contributed by atoms with E-state index in [9.17, 15) is 4.21 Å². The van der Waals surface area contributed by atoms with Crippen molar-refractivity contribution in [3.63, 3.8) is 0 Å². The van der Waals surface area contributed by atoms with Crippen molar-refractivity contribution in [1.82, 2.24) is 0 Å². The minimum absolute atomic E-state index is 0.426. The van der Waals surface area contributed by atoms with Crippen molar-refractivity contribution in [3.8, 4) is 0 Å². The highest BCUT2D eigenvalue weighted by molar-refractivity contribution is 7.79. The molecule has 1 N–H and O–H groups in total. The number of rotatable bonds is 4. The molecule has 2 unspecified atom stereocenters. The van der Waals surface area contributed by atoms with E-state index in [1.54, 1.807) is 0 Å². The third kappa shape index (κ3) is 5.99. The second-order valence-electron chi connectivity index (χ2n) is 2.33. The molecule has 0 fully saturated rings. The van der Waals surface area contributed by atoms with E-state index in [0.717, 1.165) is 12.8 Å². The van der Waals surface area contributed by atoms with Crippen LogP contribution in [0.15, 0.2) is 0 Å². The van der Waals surface area contributed by atoms with Gasteiger partial charge in [-0.2, -0.15) is 0 Å². The molecule has 0 aromatic carbocycles. The van der Waals surface area contributed by atoms with Gasteiger partial charge in [0.05, 0.1) is 0 Å². The van der Waals surface area contributed by atoms with Crippen molar-refractivity contribution in [2.75, 3.05) is 5.75 Å². The SMILES string of the molecule is CCC(C)CCS(=O)O. The normalized spacial score (nSPS) is 17.2. The highest BCUT2D eigenvalue weighted by Gasteiger charge is 1.99. The van der Waals surface area contributed by atoms with Crippen LogP contribution in [0.5, 0.6) is 0 Å². The molecule has 0 aliphatic rings. The van der Waals surface area contributed by atoms with Crippen LogP contribution in [0.1, 0.15) is 26.7 Å². The quantitative estimate of drug-likeness (QED) is 0.619. The molecule has 0 aliphatic heterocycles. The summed E-state index contributed by atoms with van der Waals surface area (Å²) in [6.07, 6.45) is 1.96. The van der Waals surface area contributed by atoms with Crippen molar-refractivity contribution in [2.24, 2.45) is 5.92 Å². The number of hydrogen-bond acceptors (Lipinski definition) is 1. The molecule has 0 saturated carbocycles. The molecule has 0 saturated heterocycles. The maximum absolute atomic E-state index is 10.1. The lowest BCUT2D eigenvalue weighted by Crippen LogP contribution is -2.01. The lowest BCUT2D eigenvalue weighted by Gasteiger charge is -2.03. The molecule has 0 amide bonds. The molecule has 0 spiro atoms. The molecule has 2 nitrogen and oxygen atoms in total. The van der Waals surface area contributed by atoms with Gasteiger partial charge >= 0.3 is 0 Å². The van der Waals surface area contributed by atoms with E-state index in [0.29, 0.717) is 11.7 Å². The van der Waals surface area contributed by atoms with Gasteiger partial charge in [0.25, 0.3) is 0 Å². The van der Waals surface area contributed by atoms with Crippen LogP contribution >= 0.6 is 0 Å². The lowest BCUT2D eigenvalue weighted by molar-refractivity contribution is 0.521. The Morgan fingerprint density at radius 2 is 2.22 bits per heavy atom. The van der Waals surface area contributed by atoms with Gasteiger partial charge in [-0.05, 0) is 12.3 Å². The summed E-state index contributed by atoms with van der Waals surface area (Å²) in [5.74, 6) is 1.01. The van der Waals surface area contributed by atoms with Crippen LogP contribution in [-0.2, 0) is 11.1 Å². The van der Waals surface area contributed by atoms with E-state index in [4.69, 9.17) is 4.55 Å². The zero-order valence-electron chi connectivity index (χ0n) is 5.96. The first kappa shape index (κ1) is 9.11. The first-order valence-corrected chi connectivity index (χ1v) is 4.51. The first-order valence-electron chi connectivity index (χ1n) is 3.24. The molecule has 0 rings (SSSR count). The highest BCUT2D eigenvalue weighted by atomic mass is 32.2. The van der Waals surface area contributed by atoms with Crippen LogP contribution in [0.3, 0.4) is 0 Å². The Labute approximate surface area is 58.9 Å². The summed E-state index contributed by atoms with van der Waals surface area (Å²) in [4.78, 5) is 0. The van der Waals surface area contributed by atoms with Gasteiger partial charge < -0.3 is 4.55 Å². The standard InChI is InChI=1S/C6H14O2S/c1-3-6(2)4-5-9(7)8/h6H,3-5H2,1-2H3,(H,7,8). The predicted octanol–water partition coefficient (Wildman–Crippen LogP) is 1.64. The summed E-state index contributed by atoms with van der Waals surface area (Å²) in [7, 11) is 0. The Balaban J connectivity index is 3.16. The summed E-state index contributed by atoms with van der Waals surface area (Å²) in [5.41, 5.74) is 0. The van der Waals surface area contributed by atoms with E-state index < -0.39 is 11.1 Å². The van der Waals surface area contributed by atoms with Crippen molar-refractivity contribution < 1.29 is 8.76 Å². The van der Waals surface area contributed by atoms with Crippen LogP contribution in [0.4, 0.5) is 0 Å². The third-order valence-corrected chi connectivity index (χ3v) is 2.07. The van der Waals surface area contributed by atoms with Crippen LogP contribution in [0.25, 0.3) is 0 Å². The Morgan fingerprint density at radius 1 is 1.67 bits per heavy atom. The van der Waals surface area contributed by atoms with E-state index in [2.05, 4.69) is 13.8 Å². The van der Waals surface area contributed by atoms with Crippen molar-refractivity contribution in [3.05, 3.63) is 0 Å². The van der Waals surface area contributed by atoms with Crippen LogP contribution in [0.2, 0.25) is 0 Å². The molecule has 0 radical (unpaired) electrons. The topological polar surface area (TPSA) is 37.3 Å². The van der Waals surface area contributed by atoms with Crippen LogP contribution in [-0.4, -0.2) is 14.5 Å². The molecule has 0 aromatic heterocycles. The maximum atomic E-state index is 10.1. The summed E-state index contributed by atoms with van der Waals surface area (Å²) in [6.45, 7) is 4.18. The maximum Gasteiger partial charge on any atom is 0.152 e. The molecule has 0 aromatic rings. The molecule has 9 heavy (non-hydrogen) atoms. The second-order valence-corrected chi connectivity index (χ2v) is 3.38. The van der Waals surface area contributed by atoms with Gasteiger partial charge in [0, 0.05) is 5.75 Å². The van der Waals surface area contributed by atoms with Crippen molar-refractivity contribution >= 4 is 11.1 Å². The summed E-state index contributed by atoms with van der Waals surface area (Å²) in [5, 5.41) is 0. The molecular weight excluding hydrogens is 136 g/mol. The molecular formula is C6H14O2S. The molecule has 0 heterocycles. The fraction of sp³-hybridized carbons (Fsp3) is 1.00. The first-order chi connectivity index (χ1) is 4.16. The fourth-order valence-corrected chi connectivity index (χ4v) is 1.11. The van der Waals surface area contributed by atoms with Crippen molar-refractivity contribution in [2.45, 2.75) is 26.7 Å². The van der Waals surface area contributed by atoms with Gasteiger partial charge in [-0.15, -0.1) is 0 Å². The predicted molar refractivity (Wildman–Crippen MR) is 39.7 cm³/mol. The zero-order valence-corrected chi connectivity index (χ0v) is 6.78. The molecule has 2 atom stereocenters. The highest BCUT2D eigenvalue weighted by Crippen LogP contribution is 2.05. The van der Waals surface area contributed by atoms with Gasteiger partial charge in [0.1, 0.15) is 0 Å². The third-order valence-electron chi connectivity index (χ3n) is 1.48. The van der Waals surface area contributed by atoms with E-state index in [1.165, 1.54) is 0 Å². The van der Waals surface area contributed by atoms with Crippen molar-refractivity contribution in [1.29, 1.82) is 0 Å². The molecule has 3 heteroatoms. The fourth-order valence-electron chi connectivity index (χ4n) is 0.506. The second kappa shape index (κ2) is 4.94. The Morgan fingerprint density at radius 3 is 2.56 bits per heavy atom.